The Kier molecular flexibility index (Phi) is 3.76. The number of rotatable bonds is 3. The smallest absolute Gasteiger partial charge is 0.0405 e. The van der Waals surface area contributed by atoms with Crippen LogP contribution in [0.15, 0.2) is 18.2 Å². The number of hydrogen-bond donors (Lipinski definition) is 1. The summed E-state index contributed by atoms with van der Waals surface area (Å²) < 4.78 is 0. The third-order valence-electron chi connectivity index (χ3n) is 4.46. The average Bonchev–Trinajstić information content (AvgIpc) is 2.76. The number of nitrogens with zero attached hydrogens (tertiary/aromatic N) is 2. The van der Waals surface area contributed by atoms with E-state index in [1.807, 2.05) is 0 Å². The lowest BCUT2D eigenvalue weighted by Crippen LogP contribution is -2.42. The summed E-state index contributed by atoms with van der Waals surface area (Å²) in [4.78, 5) is 5.06. The molecule has 0 saturated carbocycles. The van der Waals surface area contributed by atoms with Crippen LogP contribution >= 0.6 is 0 Å². The van der Waals surface area contributed by atoms with Crippen LogP contribution in [0.1, 0.15) is 30.9 Å². The third-order valence-corrected chi connectivity index (χ3v) is 4.46. The first-order valence-electron chi connectivity index (χ1n) is 7.58. The summed E-state index contributed by atoms with van der Waals surface area (Å²) in [5.74, 6) is 0.684. The molecule has 1 aromatic carbocycles. The molecule has 3 heteroatoms. The summed E-state index contributed by atoms with van der Waals surface area (Å²) >= 11 is 0. The van der Waals surface area contributed by atoms with Crippen molar-refractivity contribution >= 4 is 5.69 Å². The molecule has 1 unspecified atom stereocenters. The molecule has 0 bridgehead atoms. The SMILES string of the molecule is CCN1CC(C)c2ccc(CN3CCNCC3)cc21. The molecule has 104 valence electrons. The second-order valence-electron chi connectivity index (χ2n) is 5.86. The van der Waals surface area contributed by atoms with Crippen molar-refractivity contribution in [3.8, 4) is 0 Å². The first kappa shape index (κ1) is 12.9. The van der Waals surface area contributed by atoms with Gasteiger partial charge in [0, 0.05) is 57.4 Å². The molecule has 2 aliphatic rings. The van der Waals surface area contributed by atoms with Gasteiger partial charge in [-0.25, -0.2) is 0 Å². The van der Waals surface area contributed by atoms with E-state index in [0.29, 0.717) is 5.92 Å². The highest BCUT2D eigenvalue weighted by Gasteiger charge is 2.24. The summed E-state index contributed by atoms with van der Waals surface area (Å²) in [6.45, 7) is 12.6. The van der Waals surface area contributed by atoms with E-state index in [0.717, 1.165) is 26.2 Å². The van der Waals surface area contributed by atoms with E-state index in [1.165, 1.54) is 36.4 Å². The number of nitrogens with one attached hydrogen (secondary N) is 1. The Bertz CT molecular complexity index is 438. The number of piperazine rings is 1. The maximum absolute atomic E-state index is 3.41. The molecule has 2 aliphatic heterocycles. The first-order valence-corrected chi connectivity index (χ1v) is 7.58. The summed E-state index contributed by atoms with van der Waals surface area (Å²) in [7, 11) is 0. The Balaban J connectivity index is 1.77. The van der Waals surface area contributed by atoms with Gasteiger partial charge in [0.2, 0.25) is 0 Å². The fourth-order valence-corrected chi connectivity index (χ4v) is 3.33. The van der Waals surface area contributed by atoms with Gasteiger partial charge in [-0.15, -0.1) is 0 Å². The van der Waals surface area contributed by atoms with E-state index < -0.39 is 0 Å². The number of likely N-dealkylation sites (N-methyl/N-ethyl adjacent to an activating group) is 1. The highest BCUT2D eigenvalue weighted by Crippen LogP contribution is 2.36. The molecule has 3 rings (SSSR count). The van der Waals surface area contributed by atoms with E-state index in [4.69, 9.17) is 0 Å². The highest BCUT2D eigenvalue weighted by molar-refractivity contribution is 5.61. The lowest BCUT2D eigenvalue weighted by atomic mass is 10.0. The van der Waals surface area contributed by atoms with Crippen LogP contribution in [0.5, 0.6) is 0 Å². The van der Waals surface area contributed by atoms with Crippen molar-refractivity contribution in [2.24, 2.45) is 0 Å². The van der Waals surface area contributed by atoms with Crippen molar-refractivity contribution in [3.05, 3.63) is 29.3 Å². The van der Waals surface area contributed by atoms with Crippen LogP contribution in [-0.2, 0) is 6.54 Å². The minimum absolute atomic E-state index is 0.684. The van der Waals surface area contributed by atoms with E-state index in [-0.39, 0.29) is 0 Å². The fraction of sp³-hybridized carbons (Fsp3) is 0.625. The first-order chi connectivity index (χ1) is 9.28. The Morgan fingerprint density at radius 1 is 1.26 bits per heavy atom. The molecule has 1 aromatic rings. The van der Waals surface area contributed by atoms with Crippen molar-refractivity contribution < 1.29 is 0 Å². The molecule has 0 radical (unpaired) electrons. The standard InChI is InChI=1S/C16H25N3/c1-3-19-11-13(2)15-5-4-14(10-16(15)19)12-18-8-6-17-7-9-18/h4-5,10,13,17H,3,6-9,11-12H2,1-2H3. The molecule has 0 spiro atoms. The minimum Gasteiger partial charge on any atom is -0.371 e. The van der Waals surface area contributed by atoms with Gasteiger partial charge in [0.05, 0.1) is 0 Å². The molecular weight excluding hydrogens is 234 g/mol. The normalized spacial score (nSPS) is 23.7. The molecule has 0 aromatic heterocycles. The van der Waals surface area contributed by atoms with Crippen LogP contribution in [0, 0.1) is 0 Å². The van der Waals surface area contributed by atoms with Crippen molar-refractivity contribution in [3.63, 3.8) is 0 Å². The number of anilines is 1. The summed E-state index contributed by atoms with van der Waals surface area (Å²) in [6.07, 6.45) is 0. The van der Waals surface area contributed by atoms with Gasteiger partial charge in [-0.2, -0.15) is 0 Å². The Morgan fingerprint density at radius 3 is 2.79 bits per heavy atom. The lowest BCUT2D eigenvalue weighted by molar-refractivity contribution is 0.233. The zero-order valence-corrected chi connectivity index (χ0v) is 12.2. The van der Waals surface area contributed by atoms with Crippen molar-refractivity contribution in [1.29, 1.82) is 0 Å². The van der Waals surface area contributed by atoms with Gasteiger partial charge in [0.25, 0.3) is 0 Å². The quantitative estimate of drug-likeness (QED) is 0.896. The maximum atomic E-state index is 3.41. The molecule has 1 N–H and O–H groups in total. The van der Waals surface area contributed by atoms with Crippen molar-refractivity contribution in [1.82, 2.24) is 10.2 Å². The van der Waals surface area contributed by atoms with Crippen molar-refractivity contribution in [2.45, 2.75) is 26.3 Å². The van der Waals surface area contributed by atoms with Gasteiger partial charge in [-0.05, 0) is 24.1 Å². The molecule has 3 nitrogen and oxygen atoms in total. The van der Waals surface area contributed by atoms with Crippen LogP contribution < -0.4 is 10.2 Å². The van der Waals surface area contributed by atoms with Gasteiger partial charge in [0.15, 0.2) is 0 Å². The zero-order valence-electron chi connectivity index (χ0n) is 12.2. The van der Waals surface area contributed by atoms with Gasteiger partial charge in [-0.3, -0.25) is 4.90 Å². The number of hydrogen-bond acceptors (Lipinski definition) is 3. The third kappa shape index (κ3) is 2.63. The zero-order chi connectivity index (χ0) is 13.2. The largest absolute Gasteiger partial charge is 0.371 e. The fourth-order valence-electron chi connectivity index (χ4n) is 3.33. The van der Waals surface area contributed by atoms with Crippen LogP contribution in [0.25, 0.3) is 0 Å². The summed E-state index contributed by atoms with van der Waals surface area (Å²) in [5, 5.41) is 3.41. The molecule has 2 heterocycles. The second-order valence-corrected chi connectivity index (χ2v) is 5.86. The van der Waals surface area contributed by atoms with E-state index in [9.17, 15) is 0 Å². The molecule has 1 saturated heterocycles. The van der Waals surface area contributed by atoms with E-state index >= 15 is 0 Å². The van der Waals surface area contributed by atoms with Crippen LogP contribution in [0.3, 0.4) is 0 Å². The topological polar surface area (TPSA) is 18.5 Å². The molecule has 1 fully saturated rings. The Labute approximate surface area is 116 Å². The average molecular weight is 259 g/mol. The van der Waals surface area contributed by atoms with Crippen LogP contribution in [0.2, 0.25) is 0 Å². The second kappa shape index (κ2) is 5.51. The molecule has 0 aliphatic carbocycles. The lowest BCUT2D eigenvalue weighted by Gasteiger charge is -2.27. The maximum Gasteiger partial charge on any atom is 0.0405 e. The molecule has 19 heavy (non-hydrogen) atoms. The predicted octanol–water partition coefficient (Wildman–Crippen LogP) is 2.04. The monoisotopic (exact) mass is 259 g/mol. The minimum atomic E-state index is 0.684. The summed E-state index contributed by atoms with van der Waals surface area (Å²) in [6, 6.07) is 7.11. The molecule has 0 amide bonds. The van der Waals surface area contributed by atoms with Gasteiger partial charge < -0.3 is 10.2 Å². The highest BCUT2D eigenvalue weighted by atomic mass is 15.2. The van der Waals surface area contributed by atoms with Crippen molar-refractivity contribution in [2.75, 3.05) is 44.2 Å². The van der Waals surface area contributed by atoms with Gasteiger partial charge in [0.1, 0.15) is 0 Å². The van der Waals surface area contributed by atoms with E-state index in [1.54, 1.807) is 0 Å². The molecule has 1 atom stereocenters. The van der Waals surface area contributed by atoms with Gasteiger partial charge >= 0.3 is 0 Å². The Hall–Kier alpha value is -1.06. The van der Waals surface area contributed by atoms with Gasteiger partial charge in [-0.1, -0.05) is 19.1 Å². The number of benzene rings is 1. The molecular formula is C16H25N3. The van der Waals surface area contributed by atoms with Crippen LogP contribution in [-0.4, -0.2) is 44.2 Å². The predicted molar refractivity (Wildman–Crippen MR) is 80.9 cm³/mol. The summed E-state index contributed by atoms with van der Waals surface area (Å²) in [5.41, 5.74) is 4.47. The number of fused-ring (bicyclic) bond motifs is 1. The van der Waals surface area contributed by atoms with Crippen LogP contribution in [0.4, 0.5) is 5.69 Å². The Morgan fingerprint density at radius 2 is 2.05 bits per heavy atom. The van der Waals surface area contributed by atoms with E-state index in [2.05, 4.69) is 47.2 Å².